The SMILES string of the molecule is Cc1ccc(NC(=O)c2ccnc(NS(=O)(=O)C3(Cc4ccccc4)CC3)c2)cc1C. The number of carbonyl (C=O) groups excluding carboxylic acids is 1. The number of benzene rings is 2. The molecule has 31 heavy (non-hydrogen) atoms. The van der Waals surface area contributed by atoms with E-state index in [4.69, 9.17) is 0 Å². The Kier molecular flexibility index (Phi) is 5.54. The summed E-state index contributed by atoms with van der Waals surface area (Å²) in [5.74, 6) is -0.177. The second-order valence-corrected chi connectivity index (χ2v) is 10.2. The Morgan fingerprint density at radius 3 is 2.42 bits per heavy atom. The largest absolute Gasteiger partial charge is 0.322 e. The highest BCUT2D eigenvalue weighted by Crippen LogP contribution is 2.46. The van der Waals surface area contributed by atoms with Crippen LogP contribution in [0.4, 0.5) is 11.5 Å². The van der Waals surface area contributed by atoms with E-state index < -0.39 is 14.8 Å². The first-order valence-corrected chi connectivity index (χ1v) is 11.7. The standard InChI is InChI=1S/C24H25N3O3S/c1-17-8-9-21(14-18(17)2)26-23(28)20-10-13-25-22(15-20)27-31(29,30)24(11-12-24)16-19-6-4-3-5-7-19/h3-10,13-15H,11-12,16H2,1-2H3,(H,25,27)(H,26,28). The highest BCUT2D eigenvalue weighted by molar-refractivity contribution is 7.94. The van der Waals surface area contributed by atoms with Gasteiger partial charge in [0.25, 0.3) is 5.91 Å². The van der Waals surface area contributed by atoms with Gasteiger partial charge in [0.05, 0.1) is 4.75 Å². The summed E-state index contributed by atoms with van der Waals surface area (Å²) < 4.78 is 27.9. The van der Waals surface area contributed by atoms with E-state index in [1.54, 1.807) is 6.07 Å². The molecule has 3 aromatic rings. The fourth-order valence-corrected chi connectivity index (χ4v) is 5.14. The van der Waals surface area contributed by atoms with Gasteiger partial charge in [0.1, 0.15) is 5.82 Å². The first kappa shape index (κ1) is 21.1. The number of anilines is 2. The molecule has 2 aromatic carbocycles. The first-order valence-electron chi connectivity index (χ1n) is 10.2. The minimum Gasteiger partial charge on any atom is -0.322 e. The molecule has 1 aliphatic rings. The van der Waals surface area contributed by atoms with Crippen LogP contribution in [-0.4, -0.2) is 24.1 Å². The Bertz CT molecular complexity index is 1220. The number of amides is 1. The molecule has 1 heterocycles. The van der Waals surface area contributed by atoms with Crippen molar-refractivity contribution in [1.82, 2.24) is 4.98 Å². The molecule has 1 saturated carbocycles. The molecule has 0 atom stereocenters. The highest BCUT2D eigenvalue weighted by Gasteiger charge is 2.54. The van der Waals surface area contributed by atoms with Crippen LogP contribution in [0.2, 0.25) is 0 Å². The van der Waals surface area contributed by atoms with Crippen LogP contribution in [0.3, 0.4) is 0 Å². The van der Waals surface area contributed by atoms with Gasteiger partial charge in [-0.25, -0.2) is 13.4 Å². The van der Waals surface area contributed by atoms with E-state index in [-0.39, 0.29) is 11.7 Å². The van der Waals surface area contributed by atoms with Gasteiger partial charge >= 0.3 is 0 Å². The number of rotatable bonds is 7. The molecule has 1 aliphatic carbocycles. The van der Waals surface area contributed by atoms with Crippen molar-refractivity contribution in [2.75, 3.05) is 10.0 Å². The molecule has 0 saturated heterocycles. The molecule has 2 N–H and O–H groups in total. The van der Waals surface area contributed by atoms with Gasteiger partial charge in [-0.2, -0.15) is 0 Å². The number of nitrogens with one attached hydrogen (secondary N) is 2. The van der Waals surface area contributed by atoms with Crippen molar-refractivity contribution in [3.8, 4) is 0 Å². The Morgan fingerprint density at radius 1 is 1.00 bits per heavy atom. The molecule has 0 aliphatic heterocycles. The summed E-state index contributed by atoms with van der Waals surface area (Å²) in [5.41, 5.74) is 4.22. The third kappa shape index (κ3) is 4.61. The van der Waals surface area contributed by atoms with Crippen LogP contribution in [-0.2, 0) is 16.4 Å². The summed E-state index contributed by atoms with van der Waals surface area (Å²) >= 11 is 0. The van der Waals surface area contributed by atoms with E-state index in [0.717, 1.165) is 16.7 Å². The fraction of sp³-hybridized carbons (Fsp3) is 0.250. The van der Waals surface area contributed by atoms with E-state index in [1.165, 1.54) is 12.3 Å². The van der Waals surface area contributed by atoms with Gasteiger partial charge in [0.15, 0.2) is 0 Å². The van der Waals surface area contributed by atoms with Crippen LogP contribution >= 0.6 is 0 Å². The maximum atomic E-state index is 13.1. The zero-order valence-electron chi connectivity index (χ0n) is 17.6. The monoisotopic (exact) mass is 435 g/mol. The lowest BCUT2D eigenvalue weighted by molar-refractivity contribution is 0.102. The minimum atomic E-state index is -3.66. The van der Waals surface area contributed by atoms with Crippen LogP contribution in [0.5, 0.6) is 0 Å². The van der Waals surface area contributed by atoms with E-state index >= 15 is 0 Å². The summed E-state index contributed by atoms with van der Waals surface area (Å²) in [5, 5.41) is 2.85. The second-order valence-electron chi connectivity index (χ2n) is 8.13. The van der Waals surface area contributed by atoms with Gasteiger partial charge in [-0.15, -0.1) is 0 Å². The van der Waals surface area contributed by atoms with Gasteiger partial charge < -0.3 is 5.32 Å². The molecular formula is C24H25N3O3S. The minimum absolute atomic E-state index is 0.145. The van der Waals surface area contributed by atoms with Crippen molar-refractivity contribution in [2.45, 2.75) is 37.9 Å². The molecule has 160 valence electrons. The van der Waals surface area contributed by atoms with E-state index in [0.29, 0.717) is 30.5 Å². The molecule has 1 fully saturated rings. The van der Waals surface area contributed by atoms with Crippen LogP contribution in [0.1, 0.15) is 39.9 Å². The van der Waals surface area contributed by atoms with E-state index in [2.05, 4.69) is 15.0 Å². The van der Waals surface area contributed by atoms with E-state index in [9.17, 15) is 13.2 Å². The molecule has 0 radical (unpaired) electrons. The molecule has 0 bridgehead atoms. The molecule has 6 nitrogen and oxygen atoms in total. The van der Waals surface area contributed by atoms with Gasteiger partial charge in [-0.3, -0.25) is 9.52 Å². The van der Waals surface area contributed by atoms with Gasteiger partial charge in [-0.05, 0) is 74.1 Å². The number of aromatic nitrogens is 1. The molecule has 1 aromatic heterocycles. The molecule has 0 unspecified atom stereocenters. The number of hydrogen-bond donors (Lipinski definition) is 2. The zero-order chi connectivity index (χ0) is 22.1. The smallest absolute Gasteiger partial charge is 0.255 e. The lowest BCUT2D eigenvalue weighted by atomic mass is 10.1. The van der Waals surface area contributed by atoms with Crippen molar-refractivity contribution in [3.05, 3.63) is 89.1 Å². The number of nitrogens with zero attached hydrogens (tertiary/aromatic N) is 1. The Labute approximate surface area is 182 Å². The van der Waals surface area contributed by atoms with Crippen LogP contribution in [0.15, 0.2) is 66.9 Å². The number of carbonyl (C=O) groups is 1. The van der Waals surface area contributed by atoms with Crippen LogP contribution < -0.4 is 10.0 Å². The number of pyridine rings is 1. The van der Waals surface area contributed by atoms with Crippen LogP contribution in [0.25, 0.3) is 0 Å². The maximum absolute atomic E-state index is 13.1. The Morgan fingerprint density at radius 2 is 1.74 bits per heavy atom. The second kappa shape index (κ2) is 8.15. The van der Waals surface area contributed by atoms with Crippen molar-refractivity contribution in [1.29, 1.82) is 0 Å². The number of aryl methyl sites for hydroxylation is 2. The summed E-state index contributed by atoms with van der Waals surface area (Å²) in [6.45, 7) is 3.99. The highest BCUT2D eigenvalue weighted by atomic mass is 32.2. The van der Waals surface area contributed by atoms with Gasteiger partial charge in [0, 0.05) is 17.4 Å². The van der Waals surface area contributed by atoms with Crippen molar-refractivity contribution in [2.24, 2.45) is 0 Å². The maximum Gasteiger partial charge on any atom is 0.255 e. The molecular weight excluding hydrogens is 410 g/mol. The van der Waals surface area contributed by atoms with Gasteiger partial charge in [0.2, 0.25) is 10.0 Å². The molecule has 0 spiro atoms. The summed E-state index contributed by atoms with van der Waals surface area (Å²) in [7, 11) is -3.66. The number of sulfonamides is 1. The van der Waals surface area contributed by atoms with Crippen LogP contribution in [0, 0.1) is 13.8 Å². The summed E-state index contributed by atoms with van der Waals surface area (Å²) in [6.07, 6.45) is 3.09. The lowest BCUT2D eigenvalue weighted by Crippen LogP contribution is -2.32. The first-order chi connectivity index (χ1) is 14.8. The molecule has 4 rings (SSSR count). The predicted octanol–water partition coefficient (Wildman–Crippen LogP) is 4.47. The fourth-order valence-electron chi connectivity index (χ4n) is 3.54. The zero-order valence-corrected chi connectivity index (χ0v) is 18.4. The Hall–Kier alpha value is -3.19. The third-order valence-corrected chi connectivity index (χ3v) is 7.94. The normalized spacial score (nSPS) is 14.6. The Balaban J connectivity index is 1.49. The van der Waals surface area contributed by atoms with Gasteiger partial charge in [-0.1, -0.05) is 36.4 Å². The molecule has 1 amide bonds. The van der Waals surface area contributed by atoms with Crippen molar-refractivity contribution < 1.29 is 13.2 Å². The summed E-state index contributed by atoms with van der Waals surface area (Å²) in [4.78, 5) is 16.8. The average molecular weight is 436 g/mol. The van der Waals surface area contributed by atoms with Crippen molar-refractivity contribution >= 4 is 27.4 Å². The summed E-state index contributed by atoms with van der Waals surface area (Å²) in [6, 6.07) is 18.3. The van der Waals surface area contributed by atoms with E-state index in [1.807, 2.05) is 62.4 Å². The predicted molar refractivity (Wildman–Crippen MR) is 123 cm³/mol. The van der Waals surface area contributed by atoms with Crippen molar-refractivity contribution in [3.63, 3.8) is 0 Å². The third-order valence-electron chi connectivity index (χ3n) is 5.77. The average Bonchev–Trinajstić information content (AvgIpc) is 3.53. The quantitative estimate of drug-likeness (QED) is 0.573. The number of hydrogen-bond acceptors (Lipinski definition) is 4. The topological polar surface area (TPSA) is 88.2 Å². The molecule has 7 heteroatoms. The lowest BCUT2D eigenvalue weighted by Gasteiger charge is -2.18.